The minimum Gasteiger partial charge on any atom is -0.321 e. The van der Waals surface area contributed by atoms with Crippen molar-refractivity contribution in [3.8, 4) is 0 Å². The molecule has 0 bridgehead atoms. The third kappa shape index (κ3) is 3.45. The fourth-order valence-electron chi connectivity index (χ4n) is 1.46. The quantitative estimate of drug-likeness (QED) is 0.926. The molecule has 1 aromatic heterocycles. The van der Waals surface area contributed by atoms with Gasteiger partial charge >= 0.3 is 0 Å². The van der Waals surface area contributed by atoms with Gasteiger partial charge in [-0.25, -0.2) is 4.98 Å². The Morgan fingerprint density at radius 3 is 2.68 bits per heavy atom. The summed E-state index contributed by atoms with van der Waals surface area (Å²) in [5, 5.41) is 2.70. The second-order valence-electron chi connectivity index (χ2n) is 3.98. The third-order valence-electron chi connectivity index (χ3n) is 2.44. The highest BCUT2D eigenvalue weighted by Crippen LogP contribution is 2.13. The molecular weight excluding hydrogens is 262 g/mol. The first kappa shape index (κ1) is 13.4. The molecule has 19 heavy (non-hydrogen) atoms. The lowest BCUT2D eigenvalue weighted by molar-refractivity contribution is 0.102. The van der Waals surface area contributed by atoms with Gasteiger partial charge in [-0.3, -0.25) is 14.0 Å². The molecule has 98 valence electrons. The van der Waals surface area contributed by atoms with Crippen molar-refractivity contribution in [2.45, 2.75) is 11.8 Å². The number of benzene rings is 1. The number of nitrogens with one attached hydrogen (secondary N) is 1. The van der Waals surface area contributed by atoms with Crippen molar-refractivity contribution in [1.29, 1.82) is 0 Å². The summed E-state index contributed by atoms with van der Waals surface area (Å²) < 4.78 is 11.4. The zero-order chi connectivity index (χ0) is 13.8. The van der Waals surface area contributed by atoms with Crippen LogP contribution in [0, 0.1) is 6.92 Å². The van der Waals surface area contributed by atoms with Crippen molar-refractivity contribution in [3.05, 3.63) is 48.0 Å². The normalized spacial score (nSPS) is 11.9. The number of aryl methyl sites for hydroxylation is 1. The predicted molar refractivity (Wildman–Crippen MR) is 73.5 cm³/mol. The lowest BCUT2D eigenvalue weighted by Gasteiger charge is -2.05. The monoisotopic (exact) mass is 275 g/mol. The van der Waals surface area contributed by atoms with Crippen molar-refractivity contribution < 1.29 is 9.00 Å². The molecule has 1 heterocycles. The maximum Gasteiger partial charge on any atom is 0.275 e. The van der Waals surface area contributed by atoms with Crippen LogP contribution in [0.3, 0.4) is 0 Å². The molecule has 2 aromatic rings. The average Bonchev–Trinajstić information content (AvgIpc) is 2.39. The third-order valence-corrected chi connectivity index (χ3v) is 3.36. The highest BCUT2D eigenvalue weighted by atomic mass is 32.2. The van der Waals surface area contributed by atoms with Crippen molar-refractivity contribution in [3.63, 3.8) is 0 Å². The fourth-order valence-corrected chi connectivity index (χ4v) is 2.02. The van der Waals surface area contributed by atoms with E-state index in [2.05, 4.69) is 15.3 Å². The van der Waals surface area contributed by atoms with Crippen molar-refractivity contribution in [2.24, 2.45) is 0 Å². The lowest BCUT2D eigenvalue weighted by Crippen LogP contribution is -2.14. The molecule has 5 nitrogen and oxygen atoms in total. The molecule has 0 saturated carbocycles. The molecule has 0 aliphatic carbocycles. The summed E-state index contributed by atoms with van der Waals surface area (Å²) in [7, 11) is -1.08. The summed E-state index contributed by atoms with van der Waals surface area (Å²) in [6.45, 7) is 1.80. The van der Waals surface area contributed by atoms with Crippen LogP contribution in [-0.4, -0.2) is 26.3 Å². The van der Waals surface area contributed by atoms with E-state index in [4.69, 9.17) is 0 Å². The Morgan fingerprint density at radius 1 is 1.26 bits per heavy atom. The summed E-state index contributed by atoms with van der Waals surface area (Å²) in [5.74, 6) is -0.341. The van der Waals surface area contributed by atoms with Crippen LogP contribution in [-0.2, 0) is 10.8 Å². The van der Waals surface area contributed by atoms with Gasteiger partial charge in [-0.2, -0.15) is 0 Å². The van der Waals surface area contributed by atoms with E-state index in [0.29, 0.717) is 10.6 Å². The average molecular weight is 275 g/mol. The number of aromatic nitrogens is 2. The number of carbonyl (C=O) groups is 1. The first-order chi connectivity index (χ1) is 9.06. The SMILES string of the molecule is Cc1cnc(C(=O)Nc2cccc([S@@](C)=O)c2)cn1. The molecule has 1 aromatic carbocycles. The van der Waals surface area contributed by atoms with Gasteiger partial charge in [0.2, 0.25) is 0 Å². The molecule has 1 N–H and O–H groups in total. The summed E-state index contributed by atoms with van der Waals surface area (Å²) in [5.41, 5.74) is 1.58. The minimum atomic E-state index is -1.08. The predicted octanol–water partition coefficient (Wildman–Crippen LogP) is 1.77. The number of hydrogen-bond donors (Lipinski definition) is 1. The largest absolute Gasteiger partial charge is 0.321 e. The first-order valence-corrected chi connectivity index (χ1v) is 7.15. The zero-order valence-corrected chi connectivity index (χ0v) is 11.4. The van der Waals surface area contributed by atoms with Crippen LogP contribution < -0.4 is 5.32 Å². The van der Waals surface area contributed by atoms with E-state index in [1.54, 1.807) is 37.4 Å². The van der Waals surface area contributed by atoms with E-state index < -0.39 is 10.8 Å². The standard InChI is InChI=1S/C13H13N3O2S/c1-9-7-15-12(8-14-9)13(17)16-10-4-3-5-11(6-10)19(2)18/h3-8H,1-2H3,(H,16,17)/t19-/m1/s1. The minimum absolute atomic E-state index is 0.244. The molecule has 1 amide bonds. The highest BCUT2D eigenvalue weighted by Gasteiger charge is 2.08. The number of hydrogen-bond acceptors (Lipinski definition) is 4. The van der Waals surface area contributed by atoms with Gasteiger partial charge in [0, 0.05) is 33.8 Å². The molecule has 0 aliphatic heterocycles. The van der Waals surface area contributed by atoms with E-state index in [1.807, 2.05) is 0 Å². The Kier molecular flexibility index (Phi) is 4.01. The fraction of sp³-hybridized carbons (Fsp3) is 0.154. The van der Waals surface area contributed by atoms with Gasteiger partial charge in [0.1, 0.15) is 5.69 Å². The van der Waals surface area contributed by atoms with Crippen LogP contribution in [0.5, 0.6) is 0 Å². The molecule has 0 aliphatic rings. The van der Waals surface area contributed by atoms with E-state index in [1.165, 1.54) is 12.4 Å². The molecule has 6 heteroatoms. The summed E-state index contributed by atoms with van der Waals surface area (Å²) in [6, 6.07) is 6.90. The second-order valence-corrected chi connectivity index (χ2v) is 5.36. The van der Waals surface area contributed by atoms with Crippen molar-refractivity contribution in [2.75, 3.05) is 11.6 Å². The second kappa shape index (κ2) is 5.71. The van der Waals surface area contributed by atoms with E-state index >= 15 is 0 Å². The van der Waals surface area contributed by atoms with Crippen LogP contribution >= 0.6 is 0 Å². The Morgan fingerprint density at radius 2 is 2.05 bits per heavy atom. The van der Waals surface area contributed by atoms with Crippen LogP contribution in [0.4, 0.5) is 5.69 Å². The Hall–Kier alpha value is -2.08. The van der Waals surface area contributed by atoms with Gasteiger partial charge in [0.05, 0.1) is 11.9 Å². The molecular formula is C13H13N3O2S. The number of rotatable bonds is 3. The van der Waals surface area contributed by atoms with Crippen molar-refractivity contribution in [1.82, 2.24) is 9.97 Å². The molecule has 2 rings (SSSR count). The maximum absolute atomic E-state index is 11.9. The number of carbonyl (C=O) groups excluding carboxylic acids is 1. The smallest absolute Gasteiger partial charge is 0.275 e. The summed E-state index contributed by atoms with van der Waals surface area (Å²) in [4.78, 5) is 20.6. The number of nitrogens with zero attached hydrogens (tertiary/aromatic N) is 2. The van der Waals surface area contributed by atoms with Gasteiger partial charge in [-0.15, -0.1) is 0 Å². The van der Waals surface area contributed by atoms with Crippen molar-refractivity contribution >= 4 is 22.4 Å². The Balaban J connectivity index is 2.17. The first-order valence-electron chi connectivity index (χ1n) is 5.60. The highest BCUT2D eigenvalue weighted by molar-refractivity contribution is 7.84. The van der Waals surface area contributed by atoms with Crippen LogP contribution in [0.1, 0.15) is 16.2 Å². The van der Waals surface area contributed by atoms with Gasteiger partial charge < -0.3 is 5.32 Å². The molecule has 1 atom stereocenters. The van der Waals surface area contributed by atoms with Gasteiger partial charge in [0.15, 0.2) is 0 Å². The Labute approximate surface area is 113 Å². The van der Waals surface area contributed by atoms with Crippen LogP contribution in [0.2, 0.25) is 0 Å². The zero-order valence-electron chi connectivity index (χ0n) is 10.6. The van der Waals surface area contributed by atoms with E-state index in [-0.39, 0.29) is 11.6 Å². The summed E-state index contributed by atoms with van der Waals surface area (Å²) in [6.07, 6.45) is 4.55. The molecule has 0 unspecified atom stereocenters. The molecule has 0 saturated heterocycles. The summed E-state index contributed by atoms with van der Waals surface area (Å²) >= 11 is 0. The van der Waals surface area contributed by atoms with Gasteiger partial charge in [0.25, 0.3) is 5.91 Å². The lowest BCUT2D eigenvalue weighted by atomic mass is 10.3. The van der Waals surface area contributed by atoms with E-state index in [9.17, 15) is 9.00 Å². The topological polar surface area (TPSA) is 72.0 Å². The number of anilines is 1. The van der Waals surface area contributed by atoms with Crippen LogP contribution in [0.15, 0.2) is 41.6 Å². The molecule has 0 fully saturated rings. The Bertz CT molecular complexity index is 626. The van der Waals surface area contributed by atoms with Crippen LogP contribution in [0.25, 0.3) is 0 Å². The van der Waals surface area contributed by atoms with E-state index in [0.717, 1.165) is 5.69 Å². The maximum atomic E-state index is 11.9. The van der Waals surface area contributed by atoms with Gasteiger partial charge in [-0.1, -0.05) is 6.07 Å². The molecule has 0 spiro atoms. The number of amides is 1. The molecule has 0 radical (unpaired) electrons. The van der Waals surface area contributed by atoms with Gasteiger partial charge in [-0.05, 0) is 25.1 Å².